The van der Waals surface area contributed by atoms with E-state index in [0.717, 1.165) is 6.07 Å². The minimum Gasteiger partial charge on any atom is -0.396 e. The highest BCUT2D eigenvalue weighted by molar-refractivity contribution is 6.33. The molecule has 0 fully saturated rings. The van der Waals surface area contributed by atoms with Crippen LogP contribution in [-0.2, 0) is 0 Å². The Morgan fingerprint density at radius 3 is 2.57 bits per heavy atom. The molecule has 7 heteroatoms. The van der Waals surface area contributed by atoms with Gasteiger partial charge in [0.1, 0.15) is 0 Å². The lowest BCUT2D eigenvalue weighted by Crippen LogP contribution is -2.44. The number of hydrogen-bond acceptors (Lipinski definition) is 4. The van der Waals surface area contributed by atoms with Crippen LogP contribution in [0, 0.1) is 15.5 Å². The van der Waals surface area contributed by atoms with E-state index in [1.54, 1.807) is 0 Å². The summed E-state index contributed by atoms with van der Waals surface area (Å²) in [6.45, 7) is 5.73. The van der Waals surface area contributed by atoms with Gasteiger partial charge in [-0.1, -0.05) is 32.4 Å². The van der Waals surface area contributed by atoms with Crippen LogP contribution in [0.1, 0.15) is 37.6 Å². The Kier molecular flexibility index (Phi) is 5.69. The number of halogens is 1. The Balaban J connectivity index is 3.02. The van der Waals surface area contributed by atoms with E-state index in [1.165, 1.54) is 12.1 Å². The molecule has 0 aliphatic rings. The molecule has 1 aromatic rings. The molecule has 1 rings (SSSR count). The number of carbonyl (C=O) groups is 1. The van der Waals surface area contributed by atoms with Crippen molar-refractivity contribution in [1.29, 1.82) is 0 Å². The second-order valence-electron chi connectivity index (χ2n) is 5.83. The highest BCUT2D eigenvalue weighted by atomic mass is 35.5. The van der Waals surface area contributed by atoms with Crippen molar-refractivity contribution in [3.05, 3.63) is 38.9 Å². The normalized spacial score (nSPS) is 12.8. The SMILES string of the molecule is CC(C)(C)C(CCO)NC(=O)c1cc([N+](=O)[O-])ccc1Cl. The third-order valence-electron chi connectivity index (χ3n) is 3.17. The van der Waals surface area contributed by atoms with Gasteiger partial charge in [0.2, 0.25) is 0 Å². The summed E-state index contributed by atoms with van der Waals surface area (Å²) in [7, 11) is 0. The zero-order valence-electron chi connectivity index (χ0n) is 12.2. The van der Waals surface area contributed by atoms with Crippen molar-refractivity contribution in [2.75, 3.05) is 6.61 Å². The van der Waals surface area contributed by atoms with Gasteiger partial charge in [0, 0.05) is 24.8 Å². The maximum atomic E-state index is 12.3. The first-order valence-corrected chi connectivity index (χ1v) is 6.90. The van der Waals surface area contributed by atoms with Crippen molar-refractivity contribution in [2.45, 2.75) is 33.2 Å². The van der Waals surface area contributed by atoms with E-state index in [4.69, 9.17) is 16.7 Å². The smallest absolute Gasteiger partial charge is 0.270 e. The predicted molar refractivity (Wildman–Crippen MR) is 80.5 cm³/mol. The third-order valence-corrected chi connectivity index (χ3v) is 3.50. The number of nitrogens with one attached hydrogen (secondary N) is 1. The first-order valence-electron chi connectivity index (χ1n) is 6.52. The largest absolute Gasteiger partial charge is 0.396 e. The maximum absolute atomic E-state index is 12.3. The van der Waals surface area contributed by atoms with Gasteiger partial charge in [0.25, 0.3) is 11.6 Å². The molecule has 2 N–H and O–H groups in total. The van der Waals surface area contributed by atoms with Crippen LogP contribution in [-0.4, -0.2) is 28.6 Å². The summed E-state index contributed by atoms with van der Waals surface area (Å²) in [6, 6.07) is 3.45. The Morgan fingerprint density at radius 2 is 2.10 bits per heavy atom. The van der Waals surface area contributed by atoms with Gasteiger partial charge in [-0.05, 0) is 17.9 Å². The van der Waals surface area contributed by atoms with E-state index in [0.29, 0.717) is 6.42 Å². The lowest BCUT2D eigenvalue weighted by molar-refractivity contribution is -0.384. The van der Waals surface area contributed by atoms with Gasteiger partial charge in [0.15, 0.2) is 0 Å². The molecule has 0 radical (unpaired) electrons. The molecule has 0 saturated heterocycles. The number of amides is 1. The average Bonchev–Trinajstić information content (AvgIpc) is 2.37. The van der Waals surface area contributed by atoms with Crippen LogP contribution in [0.5, 0.6) is 0 Å². The zero-order valence-corrected chi connectivity index (χ0v) is 13.0. The summed E-state index contributed by atoms with van der Waals surface area (Å²) >= 11 is 5.94. The first kappa shape index (κ1) is 17.4. The number of aliphatic hydroxyl groups is 1. The molecule has 0 saturated carbocycles. The molecule has 0 aliphatic carbocycles. The molecule has 0 heterocycles. The van der Waals surface area contributed by atoms with Crippen LogP contribution in [0.2, 0.25) is 5.02 Å². The van der Waals surface area contributed by atoms with Crippen LogP contribution in [0.25, 0.3) is 0 Å². The zero-order chi connectivity index (χ0) is 16.2. The van der Waals surface area contributed by atoms with Crippen molar-refractivity contribution in [1.82, 2.24) is 5.32 Å². The predicted octanol–water partition coefficient (Wildman–Crippen LogP) is 2.78. The number of aliphatic hydroxyl groups excluding tert-OH is 1. The molecule has 1 atom stereocenters. The number of benzene rings is 1. The first-order chi connectivity index (χ1) is 9.66. The molecule has 0 aromatic heterocycles. The summed E-state index contributed by atoms with van der Waals surface area (Å²) in [6.07, 6.45) is 0.391. The number of carbonyl (C=O) groups excluding carboxylic acids is 1. The van der Waals surface area contributed by atoms with Crippen molar-refractivity contribution >= 4 is 23.2 Å². The molecule has 0 bridgehead atoms. The molecule has 116 valence electrons. The van der Waals surface area contributed by atoms with Gasteiger partial charge in [-0.25, -0.2) is 0 Å². The Bertz CT molecular complexity index is 540. The molecule has 1 unspecified atom stereocenters. The van der Waals surface area contributed by atoms with Gasteiger partial charge in [-0.15, -0.1) is 0 Å². The van der Waals surface area contributed by atoms with Crippen molar-refractivity contribution in [3.63, 3.8) is 0 Å². The second kappa shape index (κ2) is 6.87. The summed E-state index contributed by atoms with van der Waals surface area (Å²) < 4.78 is 0. The Labute approximate surface area is 128 Å². The molecule has 0 aliphatic heterocycles. The van der Waals surface area contributed by atoms with Crippen molar-refractivity contribution in [2.24, 2.45) is 5.41 Å². The summed E-state index contributed by atoms with van der Waals surface area (Å²) in [5.41, 5.74) is -0.400. The molecule has 21 heavy (non-hydrogen) atoms. The van der Waals surface area contributed by atoms with Crippen LogP contribution in [0.3, 0.4) is 0 Å². The topological polar surface area (TPSA) is 92.5 Å². The fourth-order valence-corrected chi connectivity index (χ4v) is 2.09. The Hall–Kier alpha value is -1.66. The van der Waals surface area contributed by atoms with E-state index in [2.05, 4.69) is 5.32 Å². The Morgan fingerprint density at radius 1 is 1.48 bits per heavy atom. The second-order valence-corrected chi connectivity index (χ2v) is 6.23. The molecular formula is C14H19ClN2O4. The summed E-state index contributed by atoms with van der Waals surface area (Å²) in [4.78, 5) is 22.5. The average molecular weight is 315 g/mol. The lowest BCUT2D eigenvalue weighted by Gasteiger charge is -2.31. The number of hydrogen-bond donors (Lipinski definition) is 2. The van der Waals surface area contributed by atoms with Crippen LogP contribution in [0.4, 0.5) is 5.69 Å². The summed E-state index contributed by atoms with van der Waals surface area (Å²) in [5, 5.41) is 22.8. The van der Waals surface area contributed by atoms with E-state index < -0.39 is 10.8 Å². The van der Waals surface area contributed by atoms with Gasteiger partial charge >= 0.3 is 0 Å². The number of rotatable bonds is 5. The minimum absolute atomic E-state index is 0.0538. The van der Waals surface area contributed by atoms with E-state index in [9.17, 15) is 14.9 Å². The summed E-state index contributed by atoms with van der Waals surface area (Å²) in [5.74, 6) is -0.489. The highest BCUT2D eigenvalue weighted by Gasteiger charge is 2.27. The number of nitro benzene ring substituents is 1. The lowest BCUT2D eigenvalue weighted by atomic mass is 9.84. The van der Waals surface area contributed by atoms with E-state index >= 15 is 0 Å². The monoisotopic (exact) mass is 314 g/mol. The molecular weight excluding hydrogens is 296 g/mol. The van der Waals surface area contributed by atoms with Crippen LogP contribution in [0.15, 0.2) is 18.2 Å². The van der Waals surface area contributed by atoms with Crippen molar-refractivity contribution < 1.29 is 14.8 Å². The van der Waals surface area contributed by atoms with Gasteiger partial charge in [-0.2, -0.15) is 0 Å². The van der Waals surface area contributed by atoms with Gasteiger partial charge in [-0.3, -0.25) is 14.9 Å². The molecule has 0 spiro atoms. The number of non-ortho nitro benzene ring substituents is 1. The van der Waals surface area contributed by atoms with E-state index in [-0.39, 0.29) is 34.3 Å². The fraction of sp³-hybridized carbons (Fsp3) is 0.500. The highest BCUT2D eigenvalue weighted by Crippen LogP contribution is 2.25. The number of nitro groups is 1. The number of nitrogens with zero attached hydrogens (tertiary/aromatic N) is 1. The molecule has 1 amide bonds. The van der Waals surface area contributed by atoms with Crippen LogP contribution < -0.4 is 5.32 Å². The van der Waals surface area contributed by atoms with E-state index in [1.807, 2.05) is 20.8 Å². The molecule has 1 aromatic carbocycles. The minimum atomic E-state index is -0.581. The van der Waals surface area contributed by atoms with Crippen LogP contribution >= 0.6 is 11.6 Å². The molecule has 6 nitrogen and oxygen atoms in total. The fourth-order valence-electron chi connectivity index (χ4n) is 1.89. The standard InChI is InChI=1S/C14H19ClN2O4/c1-14(2,3)12(6-7-18)16-13(19)10-8-9(17(20)21)4-5-11(10)15/h4-5,8,12,18H,6-7H2,1-3H3,(H,16,19). The maximum Gasteiger partial charge on any atom is 0.270 e. The quantitative estimate of drug-likeness (QED) is 0.645. The van der Waals surface area contributed by atoms with Gasteiger partial charge < -0.3 is 10.4 Å². The third kappa shape index (κ3) is 4.68. The van der Waals surface area contributed by atoms with Crippen molar-refractivity contribution in [3.8, 4) is 0 Å². The van der Waals surface area contributed by atoms with Gasteiger partial charge in [0.05, 0.1) is 15.5 Å².